The largest absolute Gasteiger partial charge is 0.351 e. The number of hydrogen-bond acceptors (Lipinski definition) is 2. The Morgan fingerprint density at radius 3 is 2.95 bits per heavy atom. The van der Waals surface area contributed by atoms with Gasteiger partial charge in [-0.05, 0) is 30.4 Å². The molecule has 2 N–H and O–H groups in total. The van der Waals surface area contributed by atoms with Crippen molar-refractivity contribution >= 4 is 5.96 Å². The van der Waals surface area contributed by atoms with Crippen LogP contribution in [-0.4, -0.2) is 41.2 Å². The standard InChI is InChI=1S/C17H23N5/c1-18-17(19-12-16-7-9-20-21-16)22-10-8-15(13-22)11-14-5-3-2-4-6-14/h2-7,9,15H,8,10-13H2,1H3,(H,18,19)(H,20,21). The Bertz CT molecular complexity index is 591. The lowest BCUT2D eigenvalue weighted by molar-refractivity contribution is 0.459. The van der Waals surface area contributed by atoms with Crippen LogP contribution in [-0.2, 0) is 13.0 Å². The SMILES string of the molecule is CN=C(NCc1ccn[nH]1)N1CCC(Cc2ccccc2)C1. The summed E-state index contributed by atoms with van der Waals surface area (Å²) in [7, 11) is 1.85. The predicted octanol–water partition coefficient (Wildman–Crippen LogP) is 2.05. The van der Waals surface area contributed by atoms with E-state index in [2.05, 4.69) is 55.7 Å². The number of likely N-dealkylation sites (tertiary alicyclic amines) is 1. The fourth-order valence-corrected chi connectivity index (χ4v) is 3.03. The predicted molar refractivity (Wildman–Crippen MR) is 88.6 cm³/mol. The summed E-state index contributed by atoms with van der Waals surface area (Å²) in [5.74, 6) is 1.68. The van der Waals surface area contributed by atoms with Gasteiger partial charge in [-0.3, -0.25) is 10.1 Å². The van der Waals surface area contributed by atoms with Crippen molar-refractivity contribution in [2.45, 2.75) is 19.4 Å². The van der Waals surface area contributed by atoms with E-state index >= 15 is 0 Å². The molecular weight excluding hydrogens is 274 g/mol. The van der Waals surface area contributed by atoms with E-state index in [-0.39, 0.29) is 0 Å². The molecule has 5 nitrogen and oxygen atoms in total. The third-order valence-electron chi connectivity index (χ3n) is 4.16. The topological polar surface area (TPSA) is 56.3 Å². The molecule has 1 aliphatic rings. The molecule has 116 valence electrons. The molecule has 1 aromatic carbocycles. The Balaban J connectivity index is 1.52. The smallest absolute Gasteiger partial charge is 0.193 e. The summed E-state index contributed by atoms with van der Waals surface area (Å²) in [4.78, 5) is 6.76. The number of nitrogens with zero attached hydrogens (tertiary/aromatic N) is 3. The molecule has 0 amide bonds. The molecule has 5 heteroatoms. The number of aliphatic imine (C=N–C) groups is 1. The second-order valence-corrected chi connectivity index (χ2v) is 5.77. The van der Waals surface area contributed by atoms with E-state index in [0.717, 1.165) is 37.7 Å². The van der Waals surface area contributed by atoms with Crippen molar-refractivity contribution in [3.8, 4) is 0 Å². The van der Waals surface area contributed by atoms with E-state index in [9.17, 15) is 0 Å². The maximum Gasteiger partial charge on any atom is 0.193 e. The number of guanidine groups is 1. The fourth-order valence-electron chi connectivity index (χ4n) is 3.03. The molecule has 1 fully saturated rings. The summed E-state index contributed by atoms with van der Waals surface area (Å²) >= 11 is 0. The molecule has 0 saturated carbocycles. The second-order valence-electron chi connectivity index (χ2n) is 5.77. The van der Waals surface area contributed by atoms with Crippen LogP contribution < -0.4 is 5.32 Å². The summed E-state index contributed by atoms with van der Waals surface area (Å²) in [6, 6.07) is 12.7. The van der Waals surface area contributed by atoms with Crippen molar-refractivity contribution in [2.24, 2.45) is 10.9 Å². The number of hydrogen-bond donors (Lipinski definition) is 2. The minimum atomic E-state index is 0.702. The Morgan fingerprint density at radius 2 is 2.23 bits per heavy atom. The monoisotopic (exact) mass is 297 g/mol. The van der Waals surface area contributed by atoms with Crippen molar-refractivity contribution < 1.29 is 0 Å². The molecule has 0 spiro atoms. The molecule has 1 aromatic heterocycles. The van der Waals surface area contributed by atoms with Crippen LogP contribution in [0, 0.1) is 5.92 Å². The van der Waals surface area contributed by atoms with Crippen molar-refractivity contribution in [1.82, 2.24) is 20.4 Å². The lowest BCUT2D eigenvalue weighted by atomic mass is 9.99. The molecule has 2 aromatic rings. The summed E-state index contributed by atoms with van der Waals surface area (Å²) in [6.07, 6.45) is 4.14. The van der Waals surface area contributed by atoms with E-state index in [1.165, 1.54) is 12.0 Å². The van der Waals surface area contributed by atoms with Crippen LogP contribution >= 0.6 is 0 Å². The highest BCUT2D eigenvalue weighted by Crippen LogP contribution is 2.20. The normalized spacial score (nSPS) is 18.7. The number of aromatic amines is 1. The number of benzene rings is 1. The Labute approximate surface area is 131 Å². The molecule has 1 saturated heterocycles. The summed E-state index contributed by atoms with van der Waals surface area (Å²) in [6.45, 7) is 2.87. The first-order chi connectivity index (χ1) is 10.8. The van der Waals surface area contributed by atoms with Crippen LogP contribution in [0.4, 0.5) is 0 Å². The van der Waals surface area contributed by atoms with Gasteiger partial charge in [-0.2, -0.15) is 5.10 Å². The number of nitrogens with one attached hydrogen (secondary N) is 2. The molecule has 2 heterocycles. The fraction of sp³-hybridized carbons (Fsp3) is 0.412. The Kier molecular flexibility index (Phi) is 4.73. The highest BCUT2D eigenvalue weighted by atomic mass is 15.3. The van der Waals surface area contributed by atoms with Crippen molar-refractivity contribution in [3.05, 3.63) is 53.9 Å². The summed E-state index contributed by atoms with van der Waals surface area (Å²) in [5, 5.41) is 10.3. The minimum absolute atomic E-state index is 0.702. The molecule has 1 aliphatic heterocycles. The van der Waals surface area contributed by atoms with Gasteiger partial charge in [0.15, 0.2) is 5.96 Å². The third-order valence-corrected chi connectivity index (χ3v) is 4.16. The van der Waals surface area contributed by atoms with Crippen molar-refractivity contribution in [1.29, 1.82) is 0 Å². The van der Waals surface area contributed by atoms with Crippen molar-refractivity contribution in [3.63, 3.8) is 0 Å². The molecule has 1 unspecified atom stereocenters. The van der Waals surface area contributed by atoms with Gasteiger partial charge in [-0.1, -0.05) is 30.3 Å². The molecular formula is C17H23N5. The zero-order valence-corrected chi connectivity index (χ0v) is 13.0. The highest BCUT2D eigenvalue weighted by Gasteiger charge is 2.24. The Hall–Kier alpha value is -2.30. The second kappa shape index (κ2) is 7.11. The van der Waals surface area contributed by atoms with Crippen LogP contribution in [0.1, 0.15) is 17.7 Å². The molecule has 0 aliphatic carbocycles. The molecule has 22 heavy (non-hydrogen) atoms. The van der Waals surface area contributed by atoms with Crippen LogP contribution in [0.25, 0.3) is 0 Å². The minimum Gasteiger partial charge on any atom is -0.351 e. The number of H-pyrrole nitrogens is 1. The van der Waals surface area contributed by atoms with Crippen LogP contribution in [0.2, 0.25) is 0 Å². The van der Waals surface area contributed by atoms with Crippen LogP contribution in [0.3, 0.4) is 0 Å². The van der Waals surface area contributed by atoms with Gasteiger partial charge in [0.2, 0.25) is 0 Å². The number of aromatic nitrogens is 2. The molecule has 0 radical (unpaired) electrons. The first-order valence-electron chi connectivity index (χ1n) is 7.83. The number of rotatable bonds is 4. The maximum absolute atomic E-state index is 4.41. The van der Waals surface area contributed by atoms with E-state index in [0.29, 0.717) is 5.92 Å². The molecule has 1 atom stereocenters. The van der Waals surface area contributed by atoms with Gasteiger partial charge in [0.05, 0.1) is 12.2 Å². The van der Waals surface area contributed by atoms with E-state index < -0.39 is 0 Å². The first-order valence-corrected chi connectivity index (χ1v) is 7.83. The summed E-state index contributed by atoms with van der Waals surface area (Å²) < 4.78 is 0. The van der Waals surface area contributed by atoms with Gasteiger partial charge in [-0.15, -0.1) is 0 Å². The van der Waals surface area contributed by atoms with E-state index in [4.69, 9.17) is 0 Å². The van der Waals surface area contributed by atoms with Crippen LogP contribution in [0.15, 0.2) is 47.6 Å². The van der Waals surface area contributed by atoms with Gasteiger partial charge >= 0.3 is 0 Å². The van der Waals surface area contributed by atoms with E-state index in [1.807, 2.05) is 13.1 Å². The third kappa shape index (κ3) is 3.67. The van der Waals surface area contributed by atoms with E-state index in [1.54, 1.807) is 6.20 Å². The zero-order chi connectivity index (χ0) is 15.2. The van der Waals surface area contributed by atoms with Gasteiger partial charge in [-0.25, -0.2) is 0 Å². The van der Waals surface area contributed by atoms with Gasteiger partial charge in [0.1, 0.15) is 0 Å². The summed E-state index contributed by atoms with van der Waals surface area (Å²) in [5.41, 5.74) is 2.50. The lowest BCUT2D eigenvalue weighted by Gasteiger charge is -2.21. The first kappa shape index (κ1) is 14.6. The highest BCUT2D eigenvalue weighted by molar-refractivity contribution is 5.80. The lowest BCUT2D eigenvalue weighted by Crippen LogP contribution is -2.39. The van der Waals surface area contributed by atoms with Crippen molar-refractivity contribution in [2.75, 3.05) is 20.1 Å². The maximum atomic E-state index is 4.41. The Morgan fingerprint density at radius 1 is 1.36 bits per heavy atom. The van der Waals surface area contributed by atoms with Gasteiger partial charge in [0.25, 0.3) is 0 Å². The van der Waals surface area contributed by atoms with Gasteiger partial charge < -0.3 is 10.2 Å². The zero-order valence-electron chi connectivity index (χ0n) is 13.0. The molecule has 3 rings (SSSR count). The van der Waals surface area contributed by atoms with Gasteiger partial charge in [0, 0.05) is 26.3 Å². The average molecular weight is 297 g/mol. The van der Waals surface area contributed by atoms with Crippen LogP contribution in [0.5, 0.6) is 0 Å². The molecule has 0 bridgehead atoms. The average Bonchev–Trinajstić information content (AvgIpc) is 3.21. The quantitative estimate of drug-likeness (QED) is 0.671.